The van der Waals surface area contributed by atoms with Crippen molar-refractivity contribution in [1.82, 2.24) is 20.3 Å². The van der Waals surface area contributed by atoms with Gasteiger partial charge >= 0.3 is 0 Å². The van der Waals surface area contributed by atoms with Crippen molar-refractivity contribution in [3.05, 3.63) is 47.6 Å². The summed E-state index contributed by atoms with van der Waals surface area (Å²) in [6.45, 7) is 0.834. The SMILES string of the molecule is NCC1CNc2c(oc3ccc4nc(Oc5cc(Cl)ncn5)ccc4c23)C(=O)N1. The summed E-state index contributed by atoms with van der Waals surface area (Å²) in [6.07, 6.45) is 1.31. The Balaban J connectivity index is 1.59. The molecule has 0 radical (unpaired) electrons. The molecule has 4 N–H and O–H groups in total. The molecule has 4 aromatic rings. The average molecular weight is 411 g/mol. The van der Waals surface area contributed by atoms with E-state index in [0.29, 0.717) is 41.6 Å². The van der Waals surface area contributed by atoms with Gasteiger partial charge in [-0.05, 0) is 18.2 Å². The van der Waals surface area contributed by atoms with E-state index in [0.717, 1.165) is 10.8 Å². The van der Waals surface area contributed by atoms with Gasteiger partial charge in [0, 0.05) is 30.6 Å². The third kappa shape index (κ3) is 3.10. The van der Waals surface area contributed by atoms with Gasteiger partial charge in [-0.25, -0.2) is 15.0 Å². The number of benzene rings is 1. The van der Waals surface area contributed by atoms with Crippen LogP contribution >= 0.6 is 11.6 Å². The minimum Gasteiger partial charge on any atom is -0.449 e. The predicted molar refractivity (Wildman–Crippen MR) is 107 cm³/mol. The standard InChI is InChI=1S/C19H15ClN6O3/c20-13-5-15(24-8-23-13)29-14-4-1-10-11(26-14)2-3-12-16(10)17-18(28-12)19(27)25-9(6-21)7-22-17/h1-5,8-9,22H,6-7,21H2,(H,25,27). The highest BCUT2D eigenvalue weighted by molar-refractivity contribution is 6.29. The molecule has 1 amide bonds. The first kappa shape index (κ1) is 17.7. The van der Waals surface area contributed by atoms with Gasteiger partial charge in [-0.1, -0.05) is 11.6 Å². The van der Waals surface area contributed by atoms with Gasteiger partial charge in [0.2, 0.25) is 17.5 Å². The van der Waals surface area contributed by atoms with Crippen LogP contribution in [0.3, 0.4) is 0 Å². The van der Waals surface area contributed by atoms with Gasteiger partial charge in [0.15, 0.2) is 0 Å². The molecular formula is C19H15ClN6O3. The van der Waals surface area contributed by atoms with E-state index < -0.39 is 0 Å². The molecule has 1 aliphatic rings. The Hall–Kier alpha value is -3.43. The van der Waals surface area contributed by atoms with Crippen molar-refractivity contribution in [3.8, 4) is 11.8 Å². The van der Waals surface area contributed by atoms with E-state index in [1.165, 1.54) is 12.4 Å². The highest BCUT2D eigenvalue weighted by Crippen LogP contribution is 2.37. The number of furan rings is 1. The molecule has 0 saturated carbocycles. The number of carbonyl (C=O) groups excluding carboxylic acids is 1. The predicted octanol–water partition coefficient (Wildman–Crippen LogP) is 2.70. The highest BCUT2D eigenvalue weighted by atomic mass is 35.5. The smallest absolute Gasteiger partial charge is 0.289 e. The summed E-state index contributed by atoms with van der Waals surface area (Å²) in [5, 5.41) is 8.03. The Morgan fingerprint density at radius 2 is 2.14 bits per heavy atom. The second-order valence-corrected chi connectivity index (χ2v) is 6.92. The maximum atomic E-state index is 12.5. The number of hydrogen-bond acceptors (Lipinski definition) is 8. The Kier molecular flexibility index (Phi) is 4.18. The number of anilines is 1. The van der Waals surface area contributed by atoms with Crippen molar-refractivity contribution in [1.29, 1.82) is 0 Å². The summed E-state index contributed by atoms with van der Waals surface area (Å²) in [4.78, 5) is 24.9. The maximum absolute atomic E-state index is 12.5. The van der Waals surface area contributed by atoms with E-state index in [1.807, 2.05) is 6.07 Å². The van der Waals surface area contributed by atoms with Crippen LogP contribution in [0.25, 0.3) is 21.9 Å². The summed E-state index contributed by atoms with van der Waals surface area (Å²) < 4.78 is 11.5. The third-order valence-corrected chi connectivity index (χ3v) is 4.87. The van der Waals surface area contributed by atoms with E-state index in [-0.39, 0.29) is 22.9 Å². The molecule has 1 aliphatic heterocycles. The molecule has 10 heteroatoms. The van der Waals surface area contributed by atoms with Crippen LogP contribution in [0.5, 0.6) is 11.8 Å². The molecule has 5 rings (SSSR count). The largest absolute Gasteiger partial charge is 0.449 e. The number of rotatable bonds is 3. The molecule has 1 unspecified atom stereocenters. The number of amides is 1. The van der Waals surface area contributed by atoms with Crippen molar-refractivity contribution >= 4 is 45.1 Å². The van der Waals surface area contributed by atoms with Crippen LogP contribution in [0, 0.1) is 0 Å². The lowest BCUT2D eigenvalue weighted by Crippen LogP contribution is -2.42. The second kappa shape index (κ2) is 6.87. The fraction of sp³-hybridized carbons (Fsp3) is 0.158. The molecular weight excluding hydrogens is 396 g/mol. The lowest BCUT2D eigenvalue weighted by atomic mass is 10.1. The number of nitrogens with one attached hydrogen (secondary N) is 2. The first-order valence-electron chi connectivity index (χ1n) is 8.89. The van der Waals surface area contributed by atoms with E-state index in [2.05, 4.69) is 25.6 Å². The molecule has 0 bridgehead atoms. The molecule has 1 aromatic carbocycles. The van der Waals surface area contributed by atoms with Crippen LogP contribution in [0.4, 0.5) is 5.69 Å². The molecule has 0 fully saturated rings. The molecule has 146 valence electrons. The van der Waals surface area contributed by atoms with Crippen LogP contribution in [0.2, 0.25) is 5.15 Å². The number of carbonyl (C=O) groups is 1. The minimum absolute atomic E-state index is 0.173. The fourth-order valence-corrected chi connectivity index (χ4v) is 3.45. The van der Waals surface area contributed by atoms with Crippen molar-refractivity contribution < 1.29 is 13.9 Å². The van der Waals surface area contributed by atoms with Crippen molar-refractivity contribution in [2.45, 2.75) is 6.04 Å². The normalized spacial score (nSPS) is 16.2. The summed E-state index contributed by atoms with van der Waals surface area (Å²) in [7, 11) is 0. The summed E-state index contributed by atoms with van der Waals surface area (Å²) in [5.41, 5.74) is 7.61. The van der Waals surface area contributed by atoms with Gasteiger partial charge in [0.25, 0.3) is 5.91 Å². The quantitative estimate of drug-likeness (QED) is 0.440. The number of nitrogens with zero attached hydrogens (tertiary/aromatic N) is 3. The van der Waals surface area contributed by atoms with E-state index >= 15 is 0 Å². The van der Waals surface area contributed by atoms with E-state index in [4.69, 9.17) is 26.5 Å². The Labute approximate surface area is 169 Å². The fourth-order valence-electron chi connectivity index (χ4n) is 3.32. The zero-order chi connectivity index (χ0) is 20.0. The van der Waals surface area contributed by atoms with Crippen molar-refractivity contribution in [2.75, 3.05) is 18.4 Å². The number of aromatic nitrogens is 3. The second-order valence-electron chi connectivity index (χ2n) is 6.53. The number of pyridine rings is 1. The molecule has 29 heavy (non-hydrogen) atoms. The van der Waals surface area contributed by atoms with Crippen LogP contribution < -0.4 is 21.1 Å². The summed E-state index contributed by atoms with van der Waals surface area (Å²) >= 11 is 5.86. The van der Waals surface area contributed by atoms with Gasteiger partial charge in [0.05, 0.1) is 22.6 Å². The third-order valence-electron chi connectivity index (χ3n) is 4.67. The number of fused-ring (bicyclic) bond motifs is 5. The van der Waals surface area contributed by atoms with Crippen molar-refractivity contribution in [2.24, 2.45) is 5.73 Å². The Morgan fingerprint density at radius 3 is 2.97 bits per heavy atom. The first-order chi connectivity index (χ1) is 14.1. The summed E-state index contributed by atoms with van der Waals surface area (Å²) in [6, 6.07) is 8.50. The number of nitrogens with two attached hydrogens (primary N) is 1. The molecule has 0 saturated heterocycles. The zero-order valence-electron chi connectivity index (χ0n) is 15.0. The van der Waals surface area contributed by atoms with Gasteiger partial charge in [-0.2, -0.15) is 0 Å². The van der Waals surface area contributed by atoms with Gasteiger partial charge in [-0.3, -0.25) is 4.79 Å². The van der Waals surface area contributed by atoms with Gasteiger partial charge in [0.1, 0.15) is 17.1 Å². The average Bonchev–Trinajstić information content (AvgIpc) is 3.02. The van der Waals surface area contributed by atoms with Gasteiger partial charge in [-0.15, -0.1) is 0 Å². The first-order valence-corrected chi connectivity index (χ1v) is 9.26. The van der Waals surface area contributed by atoms with Crippen LogP contribution in [-0.2, 0) is 0 Å². The van der Waals surface area contributed by atoms with Crippen LogP contribution in [0.15, 0.2) is 41.1 Å². The number of hydrogen-bond donors (Lipinski definition) is 3. The Bertz CT molecular complexity index is 1260. The maximum Gasteiger partial charge on any atom is 0.289 e. The highest BCUT2D eigenvalue weighted by Gasteiger charge is 2.27. The number of halogens is 1. The minimum atomic E-state index is -0.293. The Morgan fingerprint density at radius 1 is 1.24 bits per heavy atom. The lowest BCUT2D eigenvalue weighted by molar-refractivity contribution is 0.0918. The zero-order valence-corrected chi connectivity index (χ0v) is 15.7. The van der Waals surface area contributed by atoms with Gasteiger partial charge < -0.3 is 25.5 Å². The number of ether oxygens (including phenoxy) is 1. The van der Waals surface area contributed by atoms with Crippen LogP contribution in [0.1, 0.15) is 10.6 Å². The van der Waals surface area contributed by atoms with E-state index in [1.54, 1.807) is 18.2 Å². The van der Waals surface area contributed by atoms with E-state index in [9.17, 15) is 4.79 Å². The lowest BCUT2D eigenvalue weighted by Gasteiger charge is -2.13. The molecule has 3 aromatic heterocycles. The molecule has 0 aliphatic carbocycles. The monoisotopic (exact) mass is 410 g/mol. The molecule has 0 spiro atoms. The molecule has 9 nitrogen and oxygen atoms in total. The summed E-state index contributed by atoms with van der Waals surface area (Å²) in [5.74, 6) is 0.592. The van der Waals surface area contributed by atoms with Crippen molar-refractivity contribution in [3.63, 3.8) is 0 Å². The topological polar surface area (TPSA) is 128 Å². The molecule has 4 heterocycles. The molecule has 1 atom stereocenters. The van der Waals surface area contributed by atoms with Crippen LogP contribution in [-0.4, -0.2) is 40.0 Å².